The maximum Gasteiger partial charge on any atom is 0.144 e. The first kappa shape index (κ1) is 13.5. The van der Waals surface area contributed by atoms with Gasteiger partial charge in [-0.2, -0.15) is 0 Å². The van der Waals surface area contributed by atoms with Gasteiger partial charge in [0.15, 0.2) is 0 Å². The summed E-state index contributed by atoms with van der Waals surface area (Å²) in [7, 11) is 3.29. The third-order valence-electron chi connectivity index (χ3n) is 3.48. The molecule has 1 aromatic rings. The van der Waals surface area contributed by atoms with Gasteiger partial charge in [-0.1, -0.05) is 11.6 Å². The summed E-state index contributed by atoms with van der Waals surface area (Å²) in [5.41, 5.74) is 2.21. The summed E-state index contributed by atoms with van der Waals surface area (Å²) in [5, 5.41) is 4.07. The van der Waals surface area contributed by atoms with Crippen molar-refractivity contribution in [1.29, 1.82) is 0 Å². The maximum atomic E-state index is 6.33. The Balaban J connectivity index is 2.33. The average Bonchev–Trinajstić information content (AvgIpc) is 2.82. The van der Waals surface area contributed by atoms with Crippen molar-refractivity contribution in [1.82, 2.24) is 5.32 Å². The third-order valence-corrected chi connectivity index (χ3v) is 3.82. The molecule has 0 aliphatic carbocycles. The van der Waals surface area contributed by atoms with E-state index in [1.165, 1.54) is 12.8 Å². The molecule has 1 aliphatic heterocycles. The van der Waals surface area contributed by atoms with Crippen LogP contribution in [0.25, 0.3) is 0 Å². The Morgan fingerprint density at radius 1 is 1.33 bits per heavy atom. The number of hydrogen-bond donors (Lipinski definition) is 1. The van der Waals surface area contributed by atoms with Crippen LogP contribution in [0.3, 0.4) is 0 Å². The lowest BCUT2D eigenvalue weighted by atomic mass is 10.0. The normalized spacial score (nSPS) is 19.0. The van der Waals surface area contributed by atoms with Crippen LogP contribution in [-0.2, 0) is 6.42 Å². The Morgan fingerprint density at radius 2 is 2.06 bits per heavy atom. The Labute approximate surface area is 113 Å². The number of ether oxygens (including phenoxy) is 2. The molecule has 0 radical (unpaired) electrons. The molecule has 4 heteroatoms. The van der Waals surface area contributed by atoms with E-state index in [2.05, 4.69) is 11.4 Å². The van der Waals surface area contributed by atoms with E-state index in [1.807, 2.05) is 6.92 Å². The topological polar surface area (TPSA) is 30.5 Å². The number of rotatable bonds is 4. The smallest absolute Gasteiger partial charge is 0.144 e. The molecule has 0 bridgehead atoms. The van der Waals surface area contributed by atoms with Crippen molar-refractivity contribution in [2.75, 3.05) is 20.8 Å². The molecule has 1 aromatic carbocycles. The minimum Gasteiger partial charge on any atom is -0.495 e. The van der Waals surface area contributed by atoms with Gasteiger partial charge >= 0.3 is 0 Å². The second-order valence-electron chi connectivity index (χ2n) is 4.73. The highest BCUT2D eigenvalue weighted by atomic mass is 35.5. The summed E-state index contributed by atoms with van der Waals surface area (Å²) < 4.78 is 10.8. The number of halogens is 1. The van der Waals surface area contributed by atoms with Crippen molar-refractivity contribution in [3.63, 3.8) is 0 Å². The van der Waals surface area contributed by atoms with Crippen molar-refractivity contribution in [2.24, 2.45) is 0 Å². The molecule has 1 N–H and O–H groups in total. The predicted octanol–water partition coefficient (Wildman–Crippen LogP) is 2.96. The molecular weight excluding hydrogens is 250 g/mol. The van der Waals surface area contributed by atoms with Gasteiger partial charge in [-0.05, 0) is 49.9 Å². The fourth-order valence-electron chi connectivity index (χ4n) is 2.63. The highest BCUT2D eigenvalue weighted by Crippen LogP contribution is 2.40. The van der Waals surface area contributed by atoms with Crippen molar-refractivity contribution in [2.45, 2.75) is 32.2 Å². The molecule has 1 aliphatic rings. The largest absolute Gasteiger partial charge is 0.495 e. The number of aryl methyl sites for hydroxylation is 1. The van der Waals surface area contributed by atoms with Crippen LogP contribution in [0, 0.1) is 6.92 Å². The summed E-state index contributed by atoms with van der Waals surface area (Å²) in [6.07, 6.45) is 3.41. The first-order chi connectivity index (χ1) is 8.67. The van der Waals surface area contributed by atoms with Crippen LogP contribution in [0.4, 0.5) is 0 Å². The molecule has 1 unspecified atom stereocenters. The molecule has 1 atom stereocenters. The van der Waals surface area contributed by atoms with E-state index in [4.69, 9.17) is 21.1 Å². The lowest BCUT2D eigenvalue weighted by Gasteiger charge is -2.18. The molecule has 0 saturated carbocycles. The van der Waals surface area contributed by atoms with E-state index in [0.29, 0.717) is 16.8 Å². The van der Waals surface area contributed by atoms with E-state index in [1.54, 1.807) is 14.2 Å². The number of methoxy groups -OCH3 is 2. The first-order valence-corrected chi connectivity index (χ1v) is 6.68. The summed E-state index contributed by atoms with van der Waals surface area (Å²) in [6.45, 7) is 3.12. The molecule has 100 valence electrons. The molecule has 1 fully saturated rings. The molecule has 0 amide bonds. The van der Waals surface area contributed by atoms with Crippen LogP contribution in [-0.4, -0.2) is 26.8 Å². The van der Waals surface area contributed by atoms with Crippen molar-refractivity contribution >= 4 is 11.6 Å². The Kier molecular flexibility index (Phi) is 4.36. The maximum absolute atomic E-state index is 6.33. The number of hydrogen-bond acceptors (Lipinski definition) is 3. The first-order valence-electron chi connectivity index (χ1n) is 6.30. The van der Waals surface area contributed by atoms with E-state index in [0.717, 1.165) is 29.8 Å². The van der Waals surface area contributed by atoms with Gasteiger partial charge in [0.05, 0.1) is 14.2 Å². The van der Waals surface area contributed by atoms with Gasteiger partial charge in [0.25, 0.3) is 0 Å². The van der Waals surface area contributed by atoms with Gasteiger partial charge in [0.1, 0.15) is 16.5 Å². The fraction of sp³-hybridized carbons (Fsp3) is 0.571. The van der Waals surface area contributed by atoms with E-state index >= 15 is 0 Å². The van der Waals surface area contributed by atoms with Crippen LogP contribution in [0.2, 0.25) is 5.02 Å². The van der Waals surface area contributed by atoms with Gasteiger partial charge in [0.2, 0.25) is 0 Å². The summed E-state index contributed by atoms with van der Waals surface area (Å²) in [4.78, 5) is 0. The Morgan fingerprint density at radius 3 is 2.61 bits per heavy atom. The zero-order valence-electron chi connectivity index (χ0n) is 11.2. The Hall–Kier alpha value is -0.930. The second-order valence-corrected chi connectivity index (χ2v) is 5.11. The minimum absolute atomic E-state index is 0.530. The minimum atomic E-state index is 0.530. The fourth-order valence-corrected chi connectivity index (χ4v) is 3.05. The molecule has 1 saturated heterocycles. The van der Waals surface area contributed by atoms with Crippen LogP contribution in [0.15, 0.2) is 6.07 Å². The van der Waals surface area contributed by atoms with E-state index in [9.17, 15) is 0 Å². The Bertz CT molecular complexity index is 428. The molecule has 18 heavy (non-hydrogen) atoms. The van der Waals surface area contributed by atoms with Gasteiger partial charge < -0.3 is 14.8 Å². The van der Waals surface area contributed by atoms with Crippen LogP contribution >= 0.6 is 11.6 Å². The average molecular weight is 270 g/mol. The third kappa shape index (κ3) is 2.57. The van der Waals surface area contributed by atoms with Crippen molar-refractivity contribution in [3.8, 4) is 11.5 Å². The van der Waals surface area contributed by atoms with Gasteiger partial charge in [-0.15, -0.1) is 0 Å². The van der Waals surface area contributed by atoms with Crippen molar-refractivity contribution in [3.05, 3.63) is 22.2 Å². The molecule has 1 heterocycles. The summed E-state index contributed by atoms with van der Waals surface area (Å²) >= 11 is 6.33. The second kappa shape index (κ2) is 5.81. The standard InChI is InChI=1S/C14H20ClNO2/c1-9-7-10(8-11-5-4-6-16-11)14(18-3)12(15)13(9)17-2/h7,11,16H,4-6,8H2,1-3H3. The van der Waals surface area contributed by atoms with Gasteiger partial charge in [-0.3, -0.25) is 0 Å². The number of nitrogens with one attached hydrogen (secondary N) is 1. The highest BCUT2D eigenvalue weighted by molar-refractivity contribution is 6.33. The quantitative estimate of drug-likeness (QED) is 0.912. The highest BCUT2D eigenvalue weighted by Gasteiger charge is 2.21. The van der Waals surface area contributed by atoms with Gasteiger partial charge in [-0.25, -0.2) is 0 Å². The number of benzene rings is 1. The van der Waals surface area contributed by atoms with Crippen LogP contribution in [0.1, 0.15) is 24.0 Å². The lowest BCUT2D eigenvalue weighted by Crippen LogP contribution is -2.24. The van der Waals surface area contributed by atoms with Gasteiger partial charge in [0, 0.05) is 6.04 Å². The summed E-state index contributed by atoms with van der Waals surface area (Å²) in [5.74, 6) is 1.45. The van der Waals surface area contributed by atoms with Crippen LogP contribution in [0.5, 0.6) is 11.5 Å². The van der Waals surface area contributed by atoms with Crippen LogP contribution < -0.4 is 14.8 Å². The molecule has 0 spiro atoms. The molecule has 2 rings (SSSR count). The lowest BCUT2D eigenvalue weighted by molar-refractivity contribution is 0.388. The predicted molar refractivity (Wildman–Crippen MR) is 74.0 cm³/mol. The van der Waals surface area contributed by atoms with Crippen molar-refractivity contribution < 1.29 is 9.47 Å². The molecular formula is C14H20ClNO2. The zero-order valence-corrected chi connectivity index (χ0v) is 11.9. The molecule has 3 nitrogen and oxygen atoms in total. The monoisotopic (exact) mass is 269 g/mol. The SMILES string of the molecule is COc1c(C)cc(CC2CCCN2)c(OC)c1Cl. The van der Waals surface area contributed by atoms with E-state index < -0.39 is 0 Å². The zero-order chi connectivity index (χ0) is 13.1. The summed E-state index contributed by atoms with van der Waals surface area (Å²) in [6, 6.07) is 2.64. The molecule has 0 aromatic heterocycles. The van der Waals surface area contributed by atoms with E-state index in [-0.39, 0.29) is 0 Å².